The third-order valence-corrected chi connectivity index (χ3v) is 6.14. The number of imidazole rings is 1. The molecule has 0 unspecified atom stereocenters. The third kappa shape index (κ3) is 6.06. The van der Waals surface area contributed by atoms with E-state index in [2.05, 4.69) is 9.97 Å². The van der Waals surface area contributed by atoms with Gasteiger partial charge >= 0.3 is 16.2 Å². The van der Waals surface area contributed by atoms with E-state index in [1.807, 2.05) is 0 Å². The van der Waals surface area contributed by atoms with Crippen molar-refractivity contribution in [1.29, 1.82) is 0 Å². The van der Waals surface area contributed by atoms with E-state index in [4.69, 9.17) is 37.9 Å². The molecule has 0 aliphatic carbocycles. The number of carbonyl (C=O) groups is 1. The second-order valence-electron chi connectivity index (χ2n) is 7.27. The van der Waals surface area contributed by atoms with E-state index in [0.717, 1.165) is 0 Å². The lowest BCUT2D eigenvalue weighted by atomic mass is 10.1. The van der Waals surface area contributed by atoms with Gasteiger partial charge in [0.2, 0.25) is 5.56 Å². The van der Waals surface area contributed by atoms with Gasteiger partial charge < -0.3 is 24.2 Å². The fraction of sp³-hybridized carbons (Fsp3) is 0.250. The highest BCUT2D eigenvalue weighted by Crippen LogP contribution is 2.31. The molecule has 13 heteroatoms. The number of halogens is 2. The molecule has 3 aromatic rings. The van der Waals surface area contributed by atoms with E-state index in [1.54, 1.807) is 13.8 Å². The minimum Gasteiger partial charge on any atom is -0.442 e. The van der Waals surface area contributed by atoms with E-state index in [-0.39, 0.29) is 57.0 Å². The predicted octanol–water partition coefficient (Wildman–Crippen LogP) is 3.41. The SMILES string of the molecule is CC(C)c1nc(COC(N)=O)n(Cc2ccc(=O)[nH]c2)c1S(=O)(=O)Oc1cc(Cl)cc(Cl)c1. The molecule has 176 valence electrons. The maximum atomic E-state index is 13.4. The number of nitrogens with one attached hydrogen (secondary N) is 1. The van der Waals surface area contributed by atoms with Gasteiger partial charge in [-0.25, -0.2) is 9.78 Å². The number of nitrogens with two attached hydrogens (primary N) is 1. The second kappa shape index (κ2) is 9.86. The number of amides is 1. The highest BCUT2D eigenvalue weighted by molar-refractivity contribution is 7.87. The number of benzene rings is 1. The van der Waals surface area contributed by atoms with Gasteiger partial charge in [-0.3, -0.25) is 4.79 Å². The van der Waals surface area contributed by atoms with Crippen LogP contribution in [-0.4, -0.2) is 29.0 Å². The largest absolute Gasteiger partial charge is 0.442 e. The normalized spacial score (nSPS) is 11.5. The van der Waals surface area contributed by atoms with E-state index in [1.165, 1.54) is 41.1 Å². The molecule has 0 atom stereocenters. The maximum Gasteiger partial charge on any atom is 0.404 e. The lowest BCUT2D eigenvalue weighted by Crippen LogP contribution is -2.20. The van der Waals surface area contributed by atoms with Crippen LogP contribution in [0.5, 0.6) is 5.75 Å². The Labute approximate surface area is 199 Å². The van der Waals surface area contributed by atoms with Gasteiger partial charge in [0, 0.05) is 34.4 Å². The number of H-pyrrole nitrogens is 1. The predicted molar refractivity (Wildman–Crippen MR) is 121 cm³/mol. The van der Waals surface area contributed by atoms with E-state index in [9.17, 15) is 18.0 Å². The van der Waals surface area contributed by atoms with Crippen LogP contribution in [0.4, 0.5) is 4.79 Å². The molecule has 3 N–H and O–H groups in total. The van der Waals surface area contributed by atoms with E-state index < -0.39 is 16.2 Å². The van der Waals surface area contributed by atoms with Crippen molar-refractivity contribution < 1.29 is 22.1 Å². The van der Waals surface area contributed by atoms with Crippen LogP contribution >= 0.6 is 23.2 Å². The Balaban J connectivity index is 2.16. The monoisotopic (exact) mass is 514 g/mol. The Hall–Kier alpha value is -3.02. The Morgan fingerprint density at radius 1 is 1.21 bits per heavy atom. The number of nitrogens with zero attached hydrogens (tertiary/aromatic N) is 2. The van der Waals surface area contributed by atoms with Crippen molar-refractivity contribution in [3.05, 3.63) is 74.0 Å². The van der Waals surface area contributed by atoms with Crippen LogP contribution in [0.2, 0.25) is 10.0 Å². The maximum absolute atomic E-state index is 13.4. The van der Waals surface area contributed by atoms with Crippen molar-refractivity contribution >= 4 is 39.4 Å². The van der Waals surface area contributed by atoms with E-state index >= 15 is 0 Å². The Bertz CT molecular complexity index is 1310. The molecule has 0 radical (unpaired) electrons. The molecule has 1 aromatic carbocycles. The average molecular weight is 515 g/mol. The molecule has 0 aliphatic rings. The topological polar surface area (TPSA) is 146 Å². The first-order valence-electron chi connectivity index (χ1n) is 9.56. The molecule has 33 heavy (non-hydrogen) atoms. The molecule has 0 aliphatic heterocycles. The summed E-state index contributed by atoms with van der Waals surface area (Å²) in [5.74, 6) is -0.311. The van der Waals surface area contributed by atoms with Crippen LogP contribution in [0.1, 0.15) is 36.8 Å². The molecule has 1 amide bonds. The van der Waals surface area contributed by atoms with Gasteiger partial charge in [-0.15, -0.1) is 0 Å². The summed E-state index contributed by atoms with van der Waals surface area (Å²) in [5.41, 5.74) is 5.50. The van der Waals surface area contributed by atoms with E-state index in [0.29, 0.717) is 5.56 Å². The van der Waals surface area contributed by atoms with Crippen molar-refractivity contribution in [2.45, 2.75) is 37.9 Å². The minimum atomic E-state index is -4.46. The minimum absolute atomic E-state index is 0.0256. The van der Waals surface area contributed by atoms with Gasteiger partial charge in [-0.05, 0) is 17.5 Å². The first-order valence-corrected chi connectivity index (χ1v) is 11.7. The molecule has 10 nitrogen and oxygen atoms in total. The highest BCUT2D eigenvalue weighted by atomic mass is 35.5. The Morgan fingerprint density at radius 3 is 2.42 bits per heavy atom. The molecule has 0 saturated heterocycles. The van der Waals surface area contributed by atoms with Gasteiger partial charge in [0.1, 0.15) is 11.6 Å². The lowest BCUT2D eigenvalue weighted by Gasteiger charge is -2.15. The van der Waals surface area contributed by atoms with Crippen molar-refractivity contribution in [1.82, 2.24) is 14.5 Å². The molecule has 0 saturated carbocycles. The average Bonchev–Trinajstić information content (AvgIpc) is 3.06. The number of aromatic nitrogens is 3. The molecule has 0 spiro atoms. The highest BCUT2D eigenvalue weighted by Gasteiger charge is 2.32. The summed E-state index contributed by atoms with van der Waals surface area (Å²) in [5, 5.41) is 0.131. The number of primary amides is 1. The number of hydrogen-bond donors (Lipinski definition) is 2. The molecule has 0 bridgehead atoms. The van der Waals surface area contributed by atoms with Crippen LogP contribution in [-0.2, 0) is 28.0 Å². The van der Waals surface area contributed by atoms with Crippen molar-refractivity contribution in [2.75, 3.05) is 0 Å². The first-order chi connectivity index (χ1) is 15.5. The number of rotatable bonds is 8. The fourth-order valence-electron chi connectivity index (χ4n) is 3.02. The standard InChI is InChI=1S/C20H20Cl2N4O6S/c1-11(2)18-19(33(29,30)32-15-6-13(21)5-14(22)7-15)26(16(25-18)10-31-20(23)28)9-12-3-4-17(27)24-8-12/h3-8,11H,9-10H2,1-2H3,(H2,23,28)(H,24,27). The number of carbonyl (C=O) groups excluding carboxylic acids is 1. The molecular weight excluding hydrogens is 495 g/mol. The second-order valence-corrected chi connectivity index (χ2v) is 9.61. The van der Waals surface area contributed by atoms with Crippen LogP contribution < -0.4 is 15.5 Å². The zero-order valence-corrected chi connectivity index (χ0v) is 19.9. The summed E-state index contributed by atoms with van der Waals surface area (Å²) in [4.78, 5) is 29.5. The van der Waals surface area contributed by atoms with Gasteiger partial charge in [-0.1, -0.05) is 43.1 Å². The van der Waals surface area contributed by atoms with Gasteiger partial charge in [0.15, 0.2) is 11.6 Å². The molecule has 2 heterocycles. The van der Waals surface area contributed by atoms with Crippen LogP contribution in [0.25, 0.3) is 0 Å². The summed E-state index contributed by atoms with van der Waals surface area (Å²) in [6.45, 7) is 3.10. The van der Waals surface area contributed by atoms with Crippen LogP contribution in [0.3, 0.4) is 0 Å². The van der Waals surface area contributed by atoms with Crippen LogP contribution in [0.15, 0.2) is 46.3 Å². The van der Waals surface area contributed by atoms with Crippen molar-refractivity contribution in [2.24, 2.45) is 5.73 Å². The lowest BCUT2D eigenvalue weighted by molar-refractivity contribution is 0.145. The fourth-order valence-corrected chi connectivity index (χ4v) is 4.93. The quantitative estimate of drug-likeness (QED) is 0.437. The summed E-state index contributed by atoms with van der Waals surface area (Å²) in [7, 11) is -4.46. The third-order valence-electron chi connectivity index (χ3n) is 4.38. The van der Waals surface area contributed by atoms with Crippen molar-refractivity contribution in [3.63, 3.8) is 0 Å². The number of hydrogen-bond acceptors (Lipinski definition) is 7. The Kier molecular flexibility index (Phi) is 7.35. The number of aromatic amines is 1. The molecular formula is C20H20Cl2N4O6S. The summed E-state index contributed by atoms with van der Waals surface area (Å²) in [6, 6.07) is 6.87. The Morgan fingerprint density at radius 2 is 1.88 bits per heavy atom. The summed E-state index contributed by atoms with van der Waals surface area (Å²) < 4.78 is 38.3. The molecule has 2 aromatic heterocycles. The number of ether oxygens (including phenoxy) is 1. The first kappa shape index (κ1) is 24.6. The summed E-state index contributed by atoms with van der Waals surface area (Å²) >= 11 is 11.9. The van der Waals surface area contributed by atoms with Gasteiger partial charge in [0.05, 0.1) is 12.2 Å². The van der Waals surface area contributed by atoms with Crippen LogP contribution in [0, 0.1) is 0 Å². The summed E-state index contributed by atoms with van der Waals surface area (Å²) in [6.07, 6.45) is 0.387. The molecule has 0 fully saturated rings. The zero-order chi connectivity index (χ0) is 24.3. The van der Waals surface area contributed by atoms with Crippen molar-refractivity contribution in [3.8, 4) is 5.75 Å². The smallest absolute Gasteiger partial charge is 0.404 e. The van der Waals surface area contributed by atoms with Gasteiger partial charge in [0.25, 0.3) is 0 Å². The molecule has 3 rings (SSSR count). The zero-order valence-electron chi connectivity index (χ0n) is 17.5. The van der Waals surface area contributed by atoms with Gasteiger partial charge in [-0.2, -0.15) is 8.42 Å². The number of pyridine rings is 1.